The van der Waals surface area contributed by atoms with Gasteiger partial charge in [-0.25, -0.2) is 17.5 Å². The summed E-state index contributed by atoms with van der Waals surface area (Å²) in [5.74, 6) is -0.766. The number of benzene rings is 1. The van der Waals surface area contributed by atoms with Crippen molar-refractivity contribution in [2.45, 2.75) is 36.7 Å². The molecule has 3 aromatic heterocycles. The molecule has 0 spiro atoms. The summed E-state index contributed by atoms with van der Waals surface area (Å²) in [7, 11) is -2.26. The van der Waals surface area contributed by atoms with Crippen molar-refractivity contribution in [3.05, 3.63) is 51.0 Å². The van der Waals surface area contributed by atoms with Gasteiger partial charge in [-0.2, -0.15) is 14.6 Å². The summed E-state index contributed by atoms with van der Waals surface area (Å²) in [4.78, 5) is 17.2. The van der Waals surface area contributed by atoms with Crippen molar-refractivity contribution in [3.63, 3.8) is 0 Å². The molecular formula is C18H17BrFN7O3S. The first-order valence-corrected chi connectivity index (χ1v) is 11.6. The van der Waals surface area contributed by atoms with Crippen LogP contribution in [-0.2, 0) is 23.6 Å². The third-order valence-electron chi connectivity index (χ3n) is 5.32. The molecule has 0 amide bonds. The zero-order valence-corrected chi connectivity index (χ0v) is 18.9. The highest BCUT2D eigenvalue weighted by molar-refractivity contribution is 9.10. The SMILES string of the molecule is Cn1cc(Cn2c(=O)c3cc(S(=O)(=O)NC4(C)CC4)cc(F)c3n3nc(Br)nc23)cn1. The molecule has 1 N–H and O–H groups in total. The van der Waals surface area contributed by atoms with Crippen LogP contribution in [-0.4, -0.2) is 42.9 Å². The summed E-state index contributed by atoms with van der Waals surface area (Å²) in [5.41, 5.74) is -0.541. The lowest BCUT2D eigenvalue weighted by atomic mass is 10.2. The lowest BCUT2D eigenvalue weighted by molar-refractivity contribution is 0.556. The second-order valence-electron chi connectivity index (χ2n) is 7.97. The monoisotopic (exact) mass is 509 g/mol. The van der Waals surface area contributed by atoms with E-state index in [2.05, 4.69) is 35.8 Å². The van der Waals surface area contributed by atoms with Gasteiger partial charge in [-0.3, -0.25) is 14.0 Å². The van der Waals surface area contributed by atoms with Gasteiger partial charge in [-0.15, -0.1) is 5.10 Å². The third-order valence-corrected chi connectivity index (χ3v) is 7.27. The first kappa shape index (κ1) is 20.3. The number of aryl methyl sites for hydroxylation is 1. The van der Waals surface area contributed by atoms with Crippen LogP contribution in [0.1, 0.15) is 25.3 Å². The van der Waals surface area contributed by atoms with E-state index in [0.29, 0.717) is 12.8 Å². The van der Waals surface area contributed by atoms with Crippen LogP contribution in [0, 0.1) is 5.82 Å². The summed E-state index contributed by atoms with van der Waals surface area (Å²) < 4.78 is 47.6. The highest BCUT2D eigenvalue weighted by Crippen LogP contribution is 2.36. The maximum absolute atomic E-state index is 15.1. The summed E-state index contributed by atoms with van der Waals surface area (Å²) in [6.07, 6.45) is 4.74. The quantitative estimate of drug-likeness (QED) is 0.436. The third kappa shape index (κ3) is 3.46. The topological polar surface area (TPSA) is 116 Å². The fourth-order valence-electron chi connectivity index (χ4n) is 3.50. The average Bonchev–Trinajstić information content (AvgIpc) is 3.07. The van der Waals surface area contributed by atoms with Crippen LogP contribution in [0.15, 0.2) is 39.0 Å². The van der Waals surface area contributed by atoms with Gasteiger partial charge in [-0.05, 0) is 47.8 Å². The molecule has 162 valence electrons. The van der Waals surface area contributed by atoms with Gasteiger partial charge in [0.25, 0.3) is 5.56 Å². The smallest absolute Gasteiger partial charge is 0.263 e. The van der Waals surface area contributed by atoms with Crippen molar-refractivity contribution in [3.8, 4) is 0 Å². The van der Waals surface area contributed by atoms with E-state index in [9.17, 15) is 13.2 Å². The molecule has 1 saturated carbocycles. The summed E-state index contributed by atoms with van der Waals surface area (Å²) in [6, 6.07) is 2.08. The molecule has 1 aliphatic rings. The van der Waals surface area contributed by atoms with Crippen LogP contribution in [0.5, 0.6) is 0 Å². The Kier molecular flexibility index (Phi) is 4.37. The molecule has 31 heavy (non-hydrogen) atoms. The molecule has 1 aliphatic carbocycles. The minimum Gasteiger partial charge on any atom is -0.275 e. The van der Waals surface area contributed by atoms with Crippen molar-refractivity contribution >= 4 is 42.6 Å². The molecule has 0 saturated heterocycles. The maximum Gasteiger partial charge on any atom is 0.263 e. The van der Waals surface area contributed by atoms with Crippen LogP contribution in [0.2, 0.25) is 0 Å². The molecule has 0 unspecified atom stereocenters. The number of hydrogen-bond donors (Lipinski definition) is 1. The van der Waals surface area contributed by atoms with Gasteiger partial charge in [-0.1, -0.05) is 0 Å². The normalized spacial score (nSPS) is 15.7. The molecule has 4 aromatic rings. The van der Waals surface area contributed by atoms with E-state index in [0.717, 1.165) is 11.6 Å². The molecule has 3 heterocycles. The van der Waals surface area contributed by atoms with Crippen molar-refractivity contribution in [1.29, 1.82) is 0 Å². The number of nitrogens with zero attached hydrogens (tertiary/aromatic N) is 6. The Balaban J connectivity index is 1.77. The number of halogens is 2. The van der Waals surface area contributed by atoms with Crippen molar-refractivity contribution < 1.29 is 12.8 Å². The van der Waals surface area contributed by atoms with Crippen molar-refractivity contribution in [2.24, 2.45) is 7.05 Å². The Labute approximate surface area is 183 Å². The fraction of sp³-hybridized carbons (Fsp3) is 0.333. The summed E-state index contributed by atoms with van der Waals surface area (Å²) >= 11 is 3.17. The first-order chi connectivity index (χ1) is 14.6. The molecule has 1 aromatic carbocycles. The lowest BCUT2D eigenvalue weighted by Crippen LogP contribution is -2.34. The van der Waals surface area contributed by atoms with Crippen LogP contribution >= 0.6 is 15.9 Å². The maximum atomic E-state index is 15.1. The second kappa shape index (κ2) is 6.68. The van der Waals surface area contributed by atoms with Crippen molar-refractivity contribution in [2.75, 3.05) is 0 Å². The Morgan fingerprint density at radius 1 is 1.32 bits per heavy atom. The zero-order chi connectivity index (χ0) is 22.1. The number of sulfonamides is 1. The van der Waals surface area contributed by atoms with E-state index < -0.39 is 26.9 Å². The minimum absolute atomic E-state index is 0.103. The number of hydrogen-bond acceptors (Lipinski definition) is 6. The molecule has 0 radical (unpaired) electrons. The number of rotatable bonds is 5. The summed E-state index contributed by atoms with van der Waals surface area (Å²) in [6.45, 7) is 1.88. The second-order valence-corrected chi connectivity index (χ2v) is 10.4. The van der Waals surface area contributed by atoms with Crippen LogP contribution in [0.3, 0.4) is 0 Å². The van der Waals surface area contributed by atoms with Gasteiger partial charge in [0.1, 0.15) is 5.52 Å². The van der Waals surface area contributed by atoms with Crippen LogP contribution in [0.25, 0.3) is 16.7 Å². The van der Waals surface area contributed by atoms with Gasteiger partial charge < -0.3 is 0 Å². The molecule has 0 aliphatic heterocycles. The molecular weight excluding hydrogens is 493 g/mol. The van der Waals surface area contributed by atoms with Gasteiger partial charge in [0, 0.05) is 24.3 Å². The van der Waals surface area contributed by atoms with E-state index in [-0.39, 0.29) is 32.9 Å². The first-order valence-electron chi connectivity index (χ1n) is 9.36. The van der Waals surface area contributed by atoms with E-state index >= 15 is 4.39 Å². The molecule has 0 bridgehead atoms. The molecule has 1 fully saturated rings. The molecule has 5 rings (SSSR count). The van der Waals surface area contributed by atoms with E-state index in [4.69, 9.17) is 0 Å². The Morgan fingerprint density at radius 2 is 2.06 bits per heavy atom. The Morgan fingerprint density at radius 3 is 2.71 bits per heavy atom. The highest BCUT2D eigenvalue weighted by Gasteiger charge is 2.41. The van der Waals surface area contributed by atoms with Gasteiger partial charge in [0.2, 0.25) is 20.5 Å². The van der Waals surface area contributed by atoms with E-state index in [1.165, 1.54) is 15.1 Å². The number of fused-ring (bicyclic) bond motifs is 3. The molecule has 10 nitrogen and oxygen atoms in total. The van der Waals surface area contributed by atoms with E-state index in [1.54, 1.807) is 31.0 Å². The molecule has 0 atom stereocenters. The summed E-state index contributed by atoms with van der Waals surface area (Å²) in [5, 5.41) is 8.13. The van der Waals surface area contributed by atoms with E-state index in [1.807, 2.05) is 0 Å². The van der Waals surface area contributed by atoms with Crippen LogP contribution in [0.4, 0.5) is 4.39 Å². The van der Waals surface area contributed by atoms with Crippen LogP contribution < -0.4 is 10.3 Å². The average molecular weight is 510 g/mol. The predicted molar refractivity (Wildman–Crippen MR) is 113 cm³/mol. The standard InChI is InChI=1S/C18H17BrFN7O3S/c1-18(3-4-18)24-31(29,30)11-5-12-14(13(20)6-11)27-17(22-16(19)23-27)26(15(12)28)9-10-7-21-25(2)8-10/h5-8,24H,3-4,9H2,1-2H3. The number of aromatic nitrogens is 6. The lowest BCUT2D eigenvalue weighted by Gasteiger charge is -2.14. The predicted octanol–water partition coefficient (Wildman–Crippen LogP) is 1.56. The van der Waals surface area contributed by atoms with Crippen molar-refractivity contribution in [1.82, 2.24) is 33.7 Å². The van der Waals surface area contributed by atoms with Gasteiger partial charge >= 0.3 is 0 Å². The Hall–Kier alpha value is -2.64. The fourth-order valence-corrected chi connectivity index (χ4v) is 5.32. The minimum atomic E-state index is -4.01. The Bertz CT molecular complexity index is 1540. The largest absolute Gasteiger partial charge is 0.275 e. The van der Waals surface area contributed by atoms with Gasteiger partial charge in [0.05, 0.1) is 23.0 Å². The number of nitrogens with one attached hydrogen (secondary N) is 1. The van der Waals surface area contributed by atoms with Gasteiger partial charge in [0.15, 0.2) is 5.82 Å². The molecule has 13 heteroatoms. The highest BCUT2D eigenvalue weighted by atomic mass is 79.9. The zero-order valence-electron chi connectivity index (χ0n) is 16.5.